The number of pyridine rings is 1. The van der Waals surface area contributed by atoms with Crippen LogP contribution >= 0.6 is 10.6 Å². The smallest absolute Gasteiger partial charge is 0.422 e. The van der Waals surface area contributed by atoms with Gasteiger partial charge in [0, 0.05) is 52.3 Å². The van der Waals surface area contributed by atoms with Crippen molar-refractivity contribution in [2.24, 2.45) is 5.92 Å². The zero-order valence-electron chi connectivity index (χ0n) is 22.9. The largest absolute Gasteiger partial charge is 0.468 e. The molecule has 1 aliphatic heterocycles. The van der Waals surface area contributed by atoms with Gasteiger partial charge >= 0.3 is 6.18 Å². The van der Waals surface area contributed by atoms with Crippen LogP contribution < -0.4 is 10.1 Å². The fourth-order valence-corrected chi connectivity index (χ4v) is 6.82. The SMILES string of the molecule is CC(n1nc(-c2cc(OCC(F)(F)F)ncc2F)c2c1CC(C(=O)NC1(C)CCS(O)(O)CC1)CC2)C(C)(C)O. The van der Waals surface area contributed by atoms with Crippen LogP contribution in [0.2, 0.25) is 0 Å². The number of hydrogen-bond donors (Lipinski definition) is 4. The number of carbonyl (C=O) groups is 1. The quantitative estimate of drug-likeness (QED) is 0.337. The summed E-state index contributed by atoms with van der Waals surface area (Å²) >= 11 is 0. The molecule has 2 unspecified atom stereocenters. The molecule has 2 aliphatic rings. The molecule has 0 saturated carbocycles. The van der Waals surface area contributed by atoms with E-state index < -0.39 is 58.2 Å². The molecular formula is C26H36F4N4O5S. The number of nitrogens with one attached hydrogen (secondary N) is 1. The molecule has 0 bridgehead atoms. The Hall–Kier alpha value is -2.42. The standard InChI is InChI=1S/C26H36F4N4O5S/c1-15(24(2,3)36)34-20-11-16(23(35)32-25(4)7-9-40(37,38)10-8-25)5-6-17(20)22(33-34)18-12-21(31-13-19(18)27)39-14-26(28,29)30/h12-13,15-16,36-38H,5-11,14H2,1-4H3,(H,32,35). The van der Waals surface area contributed by atoms with Crippen LogP contribution in [0.15, 0.2) is 12.3 Å². The molecule has 2 atom stereocenters. The van der Waals surface area contributed by atoms with Crippen molar-refractivity contribution in [3.8, 4) is 17.1 Å². The number of rotatable bonds is 7. The third-order valence-electron chi connectivity index (χ3n) is 7.92. The van der Waals surface area contributed by atoms with Crippen molar-refractivity contribution in [2.45, 2.75) is 83.2 Å². The molecule has 1 aliphatic carbocycles. The highest BCUT2D eigenvalue weighted by atomic mass is 32.3. The zero-order chi connectivity index (χ0) is 29.7. The van der Waals surface area contributed by atoms with E-state index >= 15 is 0 Å². The van der Waals surface area contributed by atoms with Gasteiger partial charge < -0.3 is 15.2 Å². The normalized spacial score (nSPS) is 22.2. The number of aliphatic hydroxyl groups is 1. The first-order chi connectivity index (χ1) is 18.4. The summed E-state index contributed by atoms with van der Waals surface area (Å²) in [6, 6.07) is 0.499. The summed E-state index contributed by atoms with van der Waals surface area (Å²) in [6.45, 7) is 5.24. The molecule has 4 N–H and O–H groups in total. The van der Waals surface area contributed by atoms with Gasteiger partial charge in [0.05, 0.1) is 23.5 Å². The van der Waals surface area contributed by atoms with Crippen LogP contribution in [0, 0.1) is 11.7 Å². The van der Waals surface area contributed by atoms with Gasteiger partial charge in [0.15, 0.2) is 12.4 Å². The van der Waals surface area contributed by atoms with Gasteiger partial charge in [-0.2, -0.15) is 28.9 Å². The minimum absolute atomic E-state index is 0.0817. The Kier molecular flexibility index (Phi) is 8.22. The number of hydrogen-bond acceptors (Lipinski definition) is 7. The van der Waals surface area contributed by atoms with Gasteiger partial charge in [-0.3, -0.25) is 18.6 Å². The van der Waals surface area contributed by atoms with Crippen LogP contribution in [0.1, 0.15) is 64.3 Å². The van der Waals surface area contributed by atoms with E-state index in [4.69, 9.17) is 4.74 Å². The predicted octanol–water partition coefficient (Wildman–Crippen LogP) is 4.88. The number of carbonyl (C=O) groups excluding carboxylic acids is 1. The van der Waals surface area contributed by atoms with E-state index in [1.54, 1.807) is 25.5 Å². The van der Waals surface area contributed by atoms with Crippen LogP contribution in [0.4, 0.5) is 17.6 Å². The first kappa shape index (κ1) is 30.5. The van der Waals surface area contributed by atoms with Crippen LogP contribution in [-0.4, -0.2) is 70.3 Å². The fraction of sp³-hybridized carbons (Fsp3) is 0.654. The van der Waals surface area contributed by atoms with Crippen molar-refractivity contribution in [2.75, 3.05) is 18.1 Å². The number of halogens is 4. The molecular weight excluding hydrogens is 556 g/mol. The summed E-state index contributed by atoms with van der Waals surface area (Å²) in [5.74, 6) is -1.38. The second kappa shape index (κ2) is 10.8. The van der Waals surface area contributed by atoms with Crippen molar-refractivity contribution in [1.29, 1.82) is 0 Å². The number of ether oxygens (including phenoxy) is 1. The number of nitrogens with zero attached hydrogens (tertiary/aromatic N) is 3. The summed E-state index contributed by atoms with van der Waals surface area (Å²) in [5, 5.41) is 18.4. The molecule has 0 spiro atoms. The maximum absolute atomic E-state index is 15.0. The maximum Gasteiger partial charge on any atom is 0.422 e. The topological polar surface area (TPSA) is 130 Å². The van der Waals surface area contributed by atoms with Gasteiger partial charge in [-0.25, -0.2) is 9.37 Å². The van der Waals surface area contributed by atoms with Crippen molar-refractivity contribution >= 4 is 16.5 Å². The van der Waals surface area contributed by atoms with Gasteiger partial charge in [-0.1, -0.05) is 0 Å². The minimum atomic E-state index is -4.59. The van der Waals surface area contributed by atoms with Gasteiger partial charge in [-0.05, 0) is 53.4 Å². The number of amides is 1. The van der Waals surface area contributed by atoms with Gasteiger partial charge in [0.2, 0.25) is 11.8 Å². The predicted molar refractivity (Wildman–Crippen MR) is 142 cm³/mol. The van der Waals surface area contributed by atoms with E-state index in [1.807, 2.05) is 6.92 Å². The van der Waals surface area contributed by atoms with Crippen LogP contribution in [0.5, 0.6) is 5.88 Å². The van der Waals surface area contributed by atoms with E-state index in [2.05, 4.69) is 15.4 Å². The van der Waals surface area contributed by atoms with E-state index in [9.17, 15) is 36.6 Å². The summed E-state index contributed by atoms with van der Waals surface area (Å²) in [5.41, 5.74) is -0.410. The molecule has 3 heterocycles. The lowest BCUT2D eigenvalue weighted by atomic mass is 9.83. The molecule has 4 rings (SSSR count). The van der Waals surface area contributed by atoms with Crippen LogP contribution in [0.25, 0.3) is 11.3 Å². The summed E-state index contributed by atoms with van der Waals surface area (Å²) in [7, 11) is -2.61. The second-order valence-electron chi connectivity index (χ2n) is 11.7. The lowest BCUT2D eigenvalue weighted by Crippen LogP contribution is -2.52. The number of fused-ring (bicyclic) bond motifs is 1. The molecule has 0 aromatic carbocycles. The molecule has 1 fully saturated rings. The van der Waals surface area contributed by atoms with Crippen molar-refractivity contribution in [3.63, 3.8) is 0 Å². The van der Waals surface area contributed by atoms with E-state index in [1.165, 1.54) is 0 Å². The van der Waals surface area contributed by atoms with Crippen molar-refractivity contribution in [1.82, 2.24) is 20.1 Å². The Balaban J connectivity index is 1.65. The highest BCUT2D eigenvalue weighted by Gasteiger charge is 2.39. The molecule has 1 saturated heterocycles. The Morgan fingerprint density at radius 2 is 1.95 bits per heavy atom. The highest BCUT2D eigenvalue weighted by molar-refractivity contribution is 8.24. The third-order valence-corrected chi connectivity index (χ3v) is 9.63. The first-order valence-electron chi connectivity index (χ1n) is 13.1. The molecule has 2 aromatic rings. The van der Waals surface area contributed by atoms with Gasteiger partial charge in [-0.15, -0.1) is 0 Å². The zero-order valence-corrected chi connectivity index (χ0v) is 23.7. The lowest BCUT2D eigenvalue weighted by molar-refractivity contribution is -0.154. The van der Waals surface area contributed by atoms with E-state index in [0.29, 0.717) is 36.9 Å². The summed E-state index contributed by atoms with van der Waals surface area (Å²) in [6.07, 6.45) is -1.91. The Labute approximate surface area is 231 Å². The Morgan fingerprint density at radius 1 is 1.30 bits per heavy atom. The average molecular weight is 593 g/mol. The van der Waals surface area contributed by atoms with Crippen LogP contribution in [-0.2, 0) is 17.6 Å². The van der Waals surface area contributed by atoms with Crippen molar-refractivity contribution < 1.29 is 41.3 Å². The van der Waals surface area contributed by atoms with Crippen molar-refractivity contribution in [3.05, 3.63) is 29.3 Å². The maximum atomic E-state index is 15.0. The summed E-state index contributed by atoms with van der Waals surface area (Å²) < 4.78 is 79.1. The molecule has 9 nitrogen and oxygen atoms in total. The van der Waals surface area contributed by atoms with Crippen LogP contribution in [0.3, 0.4) is 0 Å². The Bertz CT molecular complexity index is 1250. The summed E-state index contributed by atoms with van der Waals surface area (Å²) in [4.78, 5) is 17.0. The Morgan fingerprint density at radius 3 is 2.55 bits per heavy atom. The second-order valence-corrected chi connectivity index (χ2v) is 14.1. The minimum Gasteiger partial charge on any atom is -0.468 e. The van der Waals surface area contributed by atoms with Gasteiger partial charge in [0.1, 0.15) is 0 Å². The van der Waals surface area contributed by atoms with E-state index in [-0.39, 0.29) is 35.1 Å². The molecule has 1 amide bonds. The lowest BCUT2D eigenvalue weighted by Gasteiger charge is -2.45. The third kappa shape index (κ3) is 6.89. The number of alkyl halides is 3. The number of aromatic nitrogens is 3. The first-order valence-corrected chi connectivity index (χ1v) is 15.0. The van der Waals surface area contributed by atoms with E-state index in [0.717, 1.165) is 12.3 Å². The monoisotopic (exact) mass is 592 g/mol. The molecule has 40 heavy (non-hydrogen) atoms. The fourth-order valence-electron chi connectivity index (χ4n) is 5.06. The molecule has 2 aromatic heterocycles. The van der Waals surface area contributed by atoms with Gasteiger partial charge in [0.25, 0.3) is 0 Å². The average Bonchev–Trinajstić information content (AvgIpc) is 3.22. The highest BCUT2D eigenvalue weighted by Crippen LogP contribution is 2.47. The molecule has 224 valence electrons. The molecule has 14 heteroatoms. The molecule has 0 radical (unpaired) electrons.